The maximum absolute atomic E-state index is 11.5. The molecule has 2 amide bonds. The van der Waals surface area contributed by atoms with Crippen LogP contribution in [-0.4, -0.2) is 36.7 Å². The van der Waals surface area contributed by atoms with E-state index in [1.807, 2.05) is 0 Å². The molecule has 0 unspecified atom stereocenters. The molecule has 0 bridgehead atoms. The van der Waals surface area contributed by atoms with Crippen LogP contribution in [0.1, 0.15) is 16.8 Å². The van der Waals surface area contributed by atoms with E-state index in [-0.39, 0.29) is 18.5 Å². The highest BCUT2D eigenvalue weighted by molar-refractivity contribution is 9.10. The van der Waals surface area contributed by atoms with Gasteiger partial charge in [-0.15, -0.1) is 0 Å². The van der Waals surface area contributed by atoms with Crippen LogP contribution in [0.2, 0.25) is 0 Å². The van der Waals surface area contributed by atoms with Crippen molar-refractivity contribution < 1.29 is 24.2 Å². The van der Waals surface area contributed by atoms with Gasteiger partial charge in [-0.3, -0.25) is 4.79 Å². The minimum Gasteiger partial charge on any atom is -0.478 e. The molecule has 108 valence electrons. The molecule has 0 atom stereocenters. The zero-order valence-corrected chi connectivity index (χ0v) is 12.2. The summed E-state index contributed by atoms with van der Waals surface area (Å²) < 4.78 is 4.88. The number of anilines is 1. The van der Waals surface area contributed by atoms with Gasteiger partial charge in [0.2, 0.25) is 0 Å². The number of benzene rings is 1. The van der Waals surface area contributed by atoms with Gasteiger partial charge >= 0.3 is 18.0 Å². The van der Waals surface area contributed by atoms with Gasteiger partial charge in [0, 0.05) is 11.0 Å². The third-order valence-electron chi connectivity index (χ3n) is 2.31. The minimum atomic E-state index is -1.06. The first-order valence-corrected chi connectivity index (χ1v) is 6.38. The first-order valence-electron chi connectivity index (χ1n) is 5.58. The van der Waals surface area contributed by atoms with Crippen molar-refractivity contribution in [2.45, 2.75) is 6.42 Å². The van der Waals surface area contributed by atoms with Crippen molar-refractivity contribution in [2.75, 3.05) is 19.0 Å². The summed E-state index contributed by atoms with van der Waals surface area (Å²) in [5.74, 6) is -1.47. The number of carboxylic acid groups (broad SMARTS) is 1. The monoisotopic (exact) mass is 344 g/mol. The molecule has 0 heterocycles. The van der Waals surface area contributed by atoms with Gasteiger partial charge in [0.15, 0.2) is 0 Å². The molecule has 1 rings (SSSR count). The highest BCUT2D eigenvalue weighted by atomic mass is 79.9. The third-order valence-corrected chi connectivity index (χ3v) is 2.96. The number of ether oxygens (including phenoxy) is 1. The Kier molecular flexibility index (Phi) is 5.98. The number of halogens is 1. The maximum Gasteiger partial charge on any atom is 0.335 e. The zero-order valence-electron chi connectivity index (χ0n) is 10.6. The normalized spacial score (nSPS) is 9.70. The molecule has 20 heavy (non-hydrogen) atoms. The summed E-state index contributed by atoms with van der Waals surface area (Å²) in [7, 11) is 1.27. The van der Waals surface area contributed by atoms with E-state index in [0.29, 0.717) is 10.2 Å². The standard InChI is InChI=1S/C12H13BrN2O5/c1-20-10(16)4-5-14-12(19)15-9-3-2-7(11(17)18)6-8(9)13/h2-3,6H,4-5H2,1H3,(H,17,18)(H2,14,15,19). The molecule has 0 spiro atoms. The van der Waals surface area contributed by atoms with E-state index >= 15 is 0 Å². The summed E-state index contributed by atoms with van der Waals surface area (Å²) in [5, 5.41) is 13.8. The number of esters is 1. The van der Waals surface area contributed by atoms with Crippen LogP contribution in [0.3, 0.4) is 0 Å². The van der Waals surface area contributed by atoms with Gasteiger partial charge in [0.25, 0.3) is 0 Å². The van der Waals surface area contributed by atoms with Crippen LogP contribution < -0.4 is 10.6 Å². The number of carbonyl (C=O) groups is 3. The fourth-order valence-corrected chi connectivity index (χ4v) is 1.77. The van der Waals surface area contributed by atoms with Crippen molar-refractivity contribution in [3.05, 3.63) is 28.2 Å². The Morgan fingerprint density at radius 2 is 2.05 bits per heavy atom. The number of methoxy groups -OCH3 is 1. The summed E-state index contributed by atoms with van der Waals surface area (Å²) in [6.07, 6.45) is 0.0725. The Morgan fingerprint density at radius 3 is 2.60 bits per heavy atom. The molecule has 0 fully saturated rings. The lowest BCUT2D eigenvalue weighted by molar-refractivity contribution is -0.140. The molecule has 0 saturated carbocycles. The maximum atomic E-state index is 11.5. The summed E-state index contributed by atoms with van der Waals surface area (Å²) in [4.78, 5) is 33.1. The van der Waals surface area contributed by atoms with E-state index in [1.165, 1.54) is 25.3 Å². The number of rotatable bonds is 5. The van der Waals surface area contributed by atoms with Crippen molar-refractivity contribution in [1.82, 2.24) is 5.32 Å². The average molecular weight is 345 g/mol. The SMILES string of the molecule is COC(=O)CCNC(=O)Nc1ccc(C(=O)O)cc1Br. The summed E-state index contributed by atoms with van der Waals surface area (Å²) in [5.41, 5.74) is 0.527. The van der Waals surface area contributed by atoms with Crippen LogP contribution in [0.5, 0.6) is 0 Å². The largest absolute Gasteiger partial charge is 0.478 e. The molecule has 0 radical (unpaired) electrons. The van der Waals surface area contributed by atoms with Crippen LogP contribution in [0.4, 0.5) is 10.5 Å². The second kappa shape index (κ2) is 7.49. The molecule has 0 aromatic heterocycles. The number of carboxylic acids is 1. The van der Waals surface area contributed by atoms with Crippen molar-refractivity contribution in [3.63, 3.8) is 0 Å². The quantitative estimate of drug-likeness (QED) is 0.706. The molecule has 7 nitrogen and oxygen atoms in total. The number of amides is 2. The summed E-state index contributed by atoms with van der Waals surface area (Å²) >= 11 is 3.17. The van der Waals surface area contributed by atoms with Crippen LogP contribution in [0, 0.1) is 0 Å². The number of urea groups is 1. The number of hydrogen-bond acceptors (Lipinski definition) is 4. The van der Waals surface area contributed by atoms with Gasteiger partial charge in [-0.2, -0.15) is 0 Å². The molecule has 3 N–H and O–H groups in total. The number of aromatic carboxylic acids is 1. The molecule has 1 aromatic carbocycles. The number of hydrogen-bond donors (Lipinski definition) is 3. The number of nitrogens with one attached hydrogen (secondary N) is 2. The van der Waals surface area contributed by atoms with Gasteiger partial charge in [0.05, 0.1) is 24.8 Å². The van der Waals surface area contributed by atoms with E-state index in [0.717, 1.165) is 0 Å². The van der Waals surface area contributed by atoms with Crippen molar-refractivity contribution in [1.29, 1.82) is 0 Å². The highest BCUT2D eigenvalue weighted by Gasteiger charge is 2.09. The summed E-state index contributed by atoms with van der Waals surface area (Å²) in [6, 6.07) is 3.72. The van der Waals surface area contributed by atoms with E-state index in [4.69, 9.17) is 5.11 Å². The molecular weight excluding hydrogens is 332 g/mol. The fraction of sp³-hybridized carbons (Fsp3) is 0.250. The predicted octanol–water partition coefficient (Wildman–Crippen LogP) is 1.83. The van der Waals surface area contributed by atoms with E-state index in [2.05, 4.69) is 31.3 Å². The average Bonchev–Trinajstić information content (AvgIpc) is 2.40. The molecule has 0 saturated heterocycles. The zero-order chi connectivity index (χ0) is 15.1. The van der Waals surface area contributed by atoms with Crippen LogP contribution in [0.15, 0.2) is 22.7 Å². The molecule has 0 aliphatic carbocycles. The fourth-order valence-electron chi connectivity index (χ4n) is 1.30. The Labute approximate surface area is 123 Å². The lowest BCUT2D eigenvalue weighted by Gasteiger charge is -2.09. The molecule has 0 aliphatic heterocycles. The van der Waals surface area contributed by atoms with Gasteiger partial charge in [-0.25, -0.2) is 9.59 Å². The van der Waals surface area contributed by atoms with Crippen LogP contribution in [-0.2, 0) is 9.53 Å². The van der Waals surface area contributed by atoms with Gasteiger partial charge in [-0.05, 0) is 34.1 Å². The Bertz CT molecular complexity index is 533. The Hall–Kier alpha value is -2.09. The van der Waals surface area contributed by atoms with Crippen molar-refractivity contribution in [3.8, 4) is 0 Å². The topological polar surface area (TPSA) is 105 Å². The Balaban J connectivity index is 2.54. The Morgan fingerprint density at radius 1 is 1.35 bits per heavy atom. The first-order chi connectivity index (χ1) is 9.43. The van der Waals surface area contributed by atoms with Crippen molar-refractivity contribution >= 4 is 39.6 Å². The highest BCUT2D eigenvalue weighted by Crippen LogP contribution is 2.23. The van der Waals surface area contributed by atoms with Crippen LogP contribution in [0.25, 0.3) is 0 Å². The van der Waals surface area contributed by atoms with Gasteiger partial charge in [-0.1, -0.05) is 0 Å². The lowest BCUT2D eigenvalue weighted by Crippen LogP contribution is -2.30. The minimum absolute atomic E-state index is 0.0725. The van der Waals surface area contributed by atoms with E-state index < -0.39 is 18.0 Å². The van der Waals surface area contributed by atoms with Gasteiger partial charge in [0.1, 0.15) is 0 Å². The van der Waals surface area contributed by atoms with Crippen molar-refractivity contribution in [2.24, 2.45) is 0 Å². The summed E-state index contributed by atoms with van der Waals surface area (Å²) in [6.45, 7) is 0.142. The third kappa shape index (κ3) is 4.88. The van der Waals surface area contributed by atoms with E-state index in [1.54, 1.807) is 0 Å². The molecule has 0 aliphatic rings. The molecular formula is C12H13BrN2O5. The smallest absolute Gasteiger partial charge is 0.335 e. The predicted molar refractivity (Wildman–Crippen MR) is 74.8 cm³/mol. The first kappa shape index (κ1) is 16.0. The number of carbonyl (C=O) groups excluding carboxylic acids is 2. The second-order valence-electron chi connectivity index (χ2n) is 3.71. The molecule has 8 heteroatoms. The van der Waals surface area contributed by atoms with Gasteiger partial charge < -0.3 is 20.5 Å². The second-order valence-corrected chi connectivity index (χ2v) is 4.56. The lowest BCUT2D eigenvalue weighted by atomic mass is 10.2. The van der Waals surface area contributed by atoms with Crippen LogP contribution >= 0.6 is 15.9 Å². The van der Waals surface area contributed by atoms with E-state index in [9.17, 15) is 14.4 Å². The molecule has 1 aromatic rings.